The van der Waals surface area contributed by atoms with E-state index in [-0.39, 0.29) is 6.04 Å². The predicted octanol–water partition coefficient (Wildman–Crippen LogP) is 3.37. The molecule has 0 heterocycles. The van der Waals surface area contributed by atoms with Crippen LogP contribution < -0.4 is 5.73 Å². The van der Waals surface area contributed by atoms with E-state index in [1.165, 1.54) is 6.92 Å². The van der Waals surface area contributed by atoms with Gasteiger partial charge >= 0.3 is 0 Å². The number of rotatable bonds is 3. The van der Waals surface area contributed by atoms with Gasteiger partial charge in [0, 0.05) is 10.5 Å². The largest absolute Gasteiger partial charge is 0.328 e. The monoisotopic (exact) mass is 259 g/mol. The Morgan fingerprint density at radius 1 is 1.43 bits per heavy atom. The molecule has 1 nitrogen and oxygen atoms in total. The zero-order valence-corrected chi connectivity index (χ0v) is 10.0. The third-order valence-electron chi connectivity index (χ3n) is 2.05. The molecule has 0 aliphatic rings. The molecule has 0 aromatic heterocycles. The van der Waals surface area contributed by atoms with Crippen molar-refractivity contribution in [1.29, 1.82) is 0 Å². The second kappa shape index (κ2) is 4.89. The fourth-order valence-electron chi connectivity index (χ4n) is 1.39. The molecule has 0 aliphatic carbocycles. The van der Waals surface area contributed by atoms with E-state index < -0.39 is 6.17 Å². The Kier molecular flexibility index (Phi) is 4.08. The molecule has 0 spiro atoms. The van der Waals surface area contributed by atoms with Gasteiger partial charge in [-0.1, -0.05) is 28.1 Å². The summed E-state index contributed by atoms with van der Waals surface area (Å²) in [5.41, 5.74) is 7.51. The summed E-state index contributed by atoms with van der Waals surface area (Å²) in [6.07, 6.45) is -0.117. The highest BCUT2D eigenvalue weighted by molar-refractivity contribution is 9.10. The van der Waals surface area contributed by atoms with Crippen LogP contribution in [-0.4, -0.2) is 6.04 Å². The van der Waals surface area contributed by atoms with Crippen molar-refractivity contribution in [2.45, 2.75) is 32.5 Å². The summed E-state index contributed by atoms with van der Waals surface area (Å²) in [6.45, 7) is 3.49. The Labute approximate surface area is 92.6 Å². The number of nitrogens with two attached hydrogens (primary N) is 1. The Morgan fingerprint density at radius 3 is 2.50 bits per heavy atom. The van der Waals surface area contributed by atoms with Gasteiger partial charge in [-0.15, -0.1) is 0 Å². The van der Waals surface area contributed by atoms with Crippen molar-refractivity contribution in [3.05, 3.63) is 33.8 Å². The molecule has 2 N–H and O–H groups in total. The summed E-state index contributed by atoms with van der Waals surface area (Å²) in [5.74, 6) is 0. The quantitative estimate of drug-likeness (QED) is 0.885. The van der Waals surface area contributed by atoms with Crippen molar-refractivity contribution in [1.82, 2.24) is 0 Å². The van der Waals surface area contributed by atoms with Crippen molar-refractivity contribution in [2.24, 2.45) is 5.73 Å². The fourth-order valence-corrected chi connectivity index (χ4v) is 2.13. The normalized spacial score (nSPS) is 15.2. The lowest BCUT2D eigenvalue weighted by Crippen LogP contribution is -2.17. The van der Waals surface area contributed by atoms with E-state index in [0.717, 1.165) is 16.5 Å². The van der Waals surface area contributed by atoms with E-state index in [1.54, 1.807) is 0 Å². The second-order valence-electron chi connectivity index (χ2n) is 3.65. The van der Waals surface area contributed by atoms with Crippen LogP contribution in [0.4, 0.5) is 4.39 Å². The molecule has 0 saturated heterocycles. The van der Waals surface area contributed by atoms with E-state index in [0.29, 0.717) is 5.56 Å². The molecular formula is C11H15BrFN. The van der Waals surface area contributed by atoms with Gasteiger partial charge in [0.15, 0.2) is 0 Å². The summed E-state index contributed by atoms with van der Waals surface area (Å²) in [5, 5.41) is 0. The summed E-state index contributed by atoms with van der Waals surface area (Å²) >= 11 is 3.36. The lowest BCUT2D eigenvalue weighted by Gasteiger charge is -2.09. The second-order valence-corrected chi connectivity index (χ2v) is 4.51. The molecule has 0 amide bonds. The van der Waals surface area contributed by atoms with Crippen LogP contribution in [-0.2, 0) is 6.42 Å². The van der Waals surface area contributed by atoms with Crippen LogP contribution in [0.2, 0.25) is 0 Å². The number of hydrogen-bond acceptors (Lipinski definition) is 1. The van der Waals surface area contributed by atoms with E-state index in [9.17, 15) is 4.39 Å². The number of hydrogen-bond donors (Lipinski definition) is 1. The molecule has 1 aromatic rings. The van der Waals surface area contributed by atoms with Gasteiger partial charge in [0.05, 0.1) is 0 Å². The molecule has 3 heteroatoms. The maximum Gasteiger partial charge on any atom is 0.123 e. The molecule has 14 heavy (non-hydrogen) atoms. The van der Waals surface area contributed by atoms with Crippen molar-refractivity contribution in [2.75, 3.05) is 0 Å². The molecule has 0 aliphatic heterocycles. The minimum absolute atomic E-state index is 0.135. The van der Waals surface area contributed by atoms with Crippen molar-refractivity contribution in [3.8, 4) is 0 Å². The molecule has 2 atom stereocenters. The molecule has 0 saturated carbocycles. The first-order valence-electron chi connectivity index (χ1n) is 4.68. The first-order chi connectivity index (χ1) is 6.50. The van der Waals surface area contributed by atoms with Crippen molar-refractivity contribution in [3.63, 3.8) is 0 Å². The average Bonchev–Trinajstić information content (AvgIpc) is 2.01. The Balaban J connectivity index is 2.89. The SMILES string of the molecule is CC(N)Cc1ccc(C(C)F)c(Br)c1. The number of alkyl halides is 1. The lowest BCUT2D eigenvalue weighted by atomic mass is 10.0. The number of halogens is 2. The van der Waals surface area contributed by atoms with E-state index in [4.69, 9.17) is 5.73 Å². The smallest absolute Gasteiger partial charge is 0.123 e. The van der Waals surface area contributed by atoms with Crippen LogP contribution in [0.5, 0.6) is 0 Å². The summed E-state index contributed by atoms with van der Waals surface area (Å²) < 4.78 is 13.9. The van der Waals surface area contributed by atoms with Crippen molar-refractivity contribution < 1.29 is 4.39 Å². The fraction of sp³-hybridized carbons (Fsp3) is 0.455. The Morgan fingerprint density at radius 2 is 2.07 bits per heavy atom. The van der Waals surface area contributed by atoms with Crippen LogP contribution in [0.15, 0.2) is 22.7 Å². The highest BCUT2D eigenvalue weighted by Gasteiger charge is 2.08. The molecule has 0 fully saturated rings. The van der Waals surface area contributed by atoms with E-state index in [1.807, 2.05) is 25.1 Å². The maximum atomic E-state index is 13.0. The highest BCUT2D eigenvalue weighted by atomic mass is 79.9. The van der Waals surface area contributed by atoms with Gasteiger partial charge in [0.1, 0.15) is 6.17 Å². The Bertz CT molecular complexity index is 310. The average molecular weight is 260 g/mol. The van der Waals surface area contributed by atoms with Gasteiger partial charge in [-0.3, -0.25) is 0 Å². The van der Waals surface area contributed by atoms with Crippen molar-refractivity contribution >= 4 is 15.9 Å². The third kappa shape index (κ3) is 3.07. The summed E-state index contributed by atoms with van der Waals surface area (Å²) in [4.78, 5) is 0. The summed E-state index contributed by atoms with van der Waals surface area (Å²) in [6, 6.07) is 5.82. The van der Waals surface area contributed by atoms with Crippen LogP contribution in [0.3, 0.4) is 0 Å². The maximum absolute atomic E-state index is 13.0. The third-order valence-corrected chi connectivity index (χ3v) is 2.74. The van der Waals surface area contributed by atoms with Gasteiger partial charge in [0.25, 0.3) is 0 Å². The molecular weight excluding hydrogens is 245 g/mol. The van der Waals surface area contributed by atoms with E-state index in [2.05, 4.69) is 15.9 Å². The zero-order valence-electron chi connectivity index (χ0n) is 8.43. The highest BCUT2D eigenvalue weighted by Crippen LogP contribution is 2.26. The molecule has 78 valence electrons. The first kappa shape index (κ1) is 11.7. The lowest BCUT2D eigenvalue weighted by molar-refractivity contribution is 0.373. The van der Waals surface area contributed by atoms with E-state index >= 15 is 0 Å². The van der Waals surface area contributed by atoms with Crippen LogP contribution in [0, 0.1) is 0 Å². The first-order valence-corrected chi connectivity index (χ1v) is 5.48. The predicted molar refractivity (Wildman–Crippen MR) is 61.0 cm³/mol. The molecule has 1 aromatic carbocycles. The molecule has 1 rings (SSSR count). The zero-order chi connectivity index (χ0) is 10.7. The topological polar surface area (TPSA) is 26.0 Å². The molecule has 2 unspecified atom stereocenters. The van der Waals surface area contributed by atoms with Gasteiger partial charge in [-0.25, -0.2) is 4.39 Å². The standard InChI is InChI=1S/C11H15BrFN/c1-7(14)5-9-3-4-10(8(2)13)11(12)6-9/h3-4,6-8H,5,14H2,1-2H3. The van der Waals surface area contributed by atoms with Crippen LogP contribution in [0.1, 0.15) is 31.1 Å². The Hall–Kier alpha value is -0.410. The van der Waals surface area contributed by atoms with Gasteiger partial charge in [-0.05, 0) is 37.5 Å². The van der Waals surface area contributed by atoms with Gasteiger partial charge < -0.3 is 5.73 Å². The minimum atomic E-state index is -0.936. The number of benzene rings is 1. The van der Waals surface area contributed by atoms with Gasteiger partial charge in [0.2, 0.25) is 0 Å². The van der Waals surface area contributed by atoms with Crippen LogP contribution >= 0.6 is 15.9 Å². The molecule has 0 radical (unpaired) electrons. The minimum Gasteiger partial charge on any atom is -0.328 e. The molecule has 0 bridgehead atoms. The van der Waals surface area contributed by atoms with Crippen LogP contribution in [0.25, 0.3) is 0 Å². The summed E-state index contributed by atoms with van der Waals surface area (Å²) in [7, 11) is 0. The van der Waals surface area contributed by atoms with Gasteiger partial charge in [-0.2, -0.15) is 0 Å².